The second-order valence-electron chi connectivity index (χ2n) is 6.57. The van der Waals surface area contributed by atoms with Gasteiger partial charge in [0.05, 0.1) is 12.1 Å². The van der Waals surface area contributed by atoms with Gasteiger partial charge in [-0.25, -0.2) is 0 Å². The van der Waals surface area contributed by atoms with Crippen molar-refractivity contribution in [3.8, 4) is 0 Å². The lowest BCUT2D eigenvalue weighted by atomic mass is 10.1. The standard InChI is InChI=1S/C19H33N3OS.HI/c1-16(18-12-9-15-24-18)22-19(20-2)21-13-7-8-14-23-17-10-5-3-4-6-11-17;/h9,12,15-17H,3-8,10-11,13-14H2,1-2H3,(H2,20,21,22);1H. The SMILES string of the molecule is CN=C(NCCCCOC1CCCCCC1)NC(C)c1cccs1.I. The topological polar surface area (TPSA) is 45.7 Å². The summed E-state index contributed by atoms with van der Waals surface area (Å²) in [6, 6.07) is 4.53. The molecule has 1 heterocycles. The van der Waals surface area contributed by atoms with Gasteiger partial charge < -0.3 is 15.4 Å². The molecule has 4 nitrogen and oxygen atoms in total. The summed E-state index contributed by atoms with van der Waals surface area (Å²) in [5.41, 5.74) is 0. The highest BCUT2D eigenvalue weighted by molar-refractivity contribution is 14.0. The van der Waals surface area contributed by atoms with Crippen LogP contribution in [0.5, 0.6) is 0 Å². The molecule has 0 bridgehead atoms. The van der Waals surface area contributed by atoms with Crippen LogP contribution < -0.4 is 10.6 Å². The van der Waals surface area contributed by atoms with Crippen molar-refractivity contribution >= 4 is 41.3 Å². The molecule has 1 aliphatic rings. The third kappa shape index (κ3) is 9.24. The summed E-state index contributed by atoms with van der Waals surface area (Å²) in [5.74, 6) is 0.876. The molecule has 144 valence electrons. The van der Waals surface area contributed by atoms with E-state index < -0.39 is 0 Å². The second-order valence-corrected chi connectivity index (χ2v) is 7.55. The maximum atomic E-state index is 6.04. The number of nitrogens with one attached hydrogen (secondary N) is 2. The molecule has 6 heteroatoms. The molecule has 1 aromatic rings. The number of nitrogens with zero attached hydrogens (tertiary/aromatic N) is 1. The minimum atomic E-state index is 0. The molecule has 0 aliphatic heterocycles. The fraction of sp³-hybridized carbons (Fsp3) is 0.737. The predicted molar refractivity (Wildman–Crippen MR) is 119 cm³/mol. The van der Waals surface area contributed by atoms with E-state index in [2.05, 4.69) is 40.1 Å². The van der Waals surface area contributed by atoms with E-state index in [0.717, 1.165) is 32.0 Å². The third-order valence-electron chi connectivity index (χ3n) is 4.57. The zero-order valence-electron chi connectivity index (χ0n) is 15.6. The molecule has 1 aromatic heterocycles. The van der Waals surface area contributed by atoms with Crippen LogP contribution in [-0.2, 0) is 4.74 Å². The molecule has 2 rings (SSSR count). The van der Waals surface area contributed by atoms with E-state index in [9.17, 15) is 0 Å². The molecule has 2 N–H and O–H groups in total. The number of thiophene rings is 1. The van der Waals surface area contributed by atoms with Crippen LogP contribution >= 0.6 is 35.3 Å². The van der Waals surface area contributed by atoms with Crippen molar-refractivity contribution in [2.24, 2.45) is 4.99 Å². The van der Waals surface area contributed by atoms with Gasteiger partial charge in [-0.1, -0.05) is 31.7 Å². The molecule has 0 saturated heterocycles. The molecule has 1 atom stereocenters. The smallest absolute Gasteiger partial charge is 0.191 e. The van der Waals surface area contributed by atoms with E-state index in [4.69, 9.17) is 4.74 Å². The summed E-state index contributed by atoms with van der Waals surface area (Å²) in [5, 5.41) is 8.94. The van der Waals surface area contributed by atoms with Crippen LogP contribution in [0.15, 0.2) is 22.5 Å². The second kappa shape index (κ2) is 13.8. The van der Waals surface area contributed by atoms with Crippen LogP contribution in [0.25, 0.3) is 0 Å². The Morgan fingerprint density at radius 1 is 1.28 bits per heavy atom. The van der Waals surface area contributed by atoms with Gasteiger partial charge in [-0.2, -0.15) is 0 Å². The summed E-state index contributed by atoms with van der Waals surface area (Å²) in [7, 11) is 1.83. The molecular formula is C19H34IN3OS. The van der Waals surface area contributed by atoms with Gasteiger partial charge in [0.2, 0.25) is 0 Å². The molecular weight excluding hydrogens is 445 g/mol. The van der Waals surface area contributed by atoms with Crippen LogP contribution in [-0.4, -0.2) is 32.3 Å². The Hall–Kier alpha value is -0.340. The van der Waals surface area contributed by atoms with Crippen molar-refractivity contribution in [2.75, 3.05) is 20.2 Å². The molecule has 25 heavy (non-hydrogen) atoms. The van der Waals surface area contributed by atoms with Crippen molar-refractivity contribution in [1.29, 1.82) is 0 Å². The number of halogens is 1. The first kappa shape index (κ1) is 22.7. The Kier molecular flexibility index (Phi) is 12.5. The number of ether oxygens (including phenoxy) is 1. The number of hydrogen-bond acceptors (Lipinski definition) is 3. The third-order valence-corrected chi connectivity index (χ3v) is 5.62. The highest BCUT2D eigenvalue weighted by Gasteiger charge is 2.12. The number of guanidine groups is 1. The lowest BCUT2D eigenvalue weighted by molar-refractivity contribution is 0.0411. The lowest BCUT2D eigenvalue weighted by Gasteiger charge is -2.17. The fourth-order valence-electron chi connectivity index (χ4n) is 3.10. The van der Waals surface area contributed by atoms with Crippen LogP contribution in [0, 0.1) is 0 Å². The van der Waals surface area contributed by atoms with Crippen molar-refractivity contribution in [3.05, 3.63) is 22.4 Å². The zero-order chi connectivity index (χ0) is 17.0. The molecule has 1 aliphatic carbocycles. The van der Waals surface area contributed by atoms with Gasteiger partial charge in [-0.3, -0.25) is 4.99 Å². The average molecular weight is 479 g/mol. The minimum absolute atomic E-state index is 0. The molecule has 0 aromatic carbocycles. The lowest BCUT2D eigenvalue weighted by Crippen LogP contribution is -2.39. The van der Waals surface area contributed by atoms with E-state index in [1.54, 1.807) is 11.3 Å². The Balaban J connectivity index is 0.00000312. The van der Waals surface area contributed by atoms with Gasteiger partial charge in [0.1, 0.15) is 0 Å². The first-order chi connectivity index (χ1) is 11.8. The van der Waals surface area contributed by atoms with Gasteiger partial charge in [0, 0.05) is 25.1 Å². The summed E-state index contributed by atoms with van der Waals surface area (Å²) >= 11 is 1.77. The van der Waals surface area contributed by atoms with E-state index in [1.165, 1.54) is 43.4 Å². The highest BCUT2D eigenvalue weighted by atomic mass is 127. The van der Waals surface area contributed by atoms with Crippen molar-refractivity contribution in [2.45, 2.75) is 70.4 Å². The first-order valence-corrected chi connectivity index (χ1v) is 10.3. The maximum absolute atomic E-state index is 6.04. The van der Waals surface area contributed by atoms with Gasteiger partial charge in [0.25, 0.3) is 0 Å². The van der Waals surface area contributed by atoms with Gasteiger partial charge >= 0.3 is 0 Å². The molecule has 0 spiro atoms. The van der Waals surface area contributed by atoms with E-state index in [0.29, 0.717) is 6.10 Å². The van der Waals surface area contributed by atoms with Crippen molar-refractivity contribution < 1.29 is 4.74 Å². The minimum Gasteiger partial charge on any atom is -0.378 e. The Bertz CT molecular complexity index is 459. The average Bonchev–Trinajstić information content (AvgIpc) is 3.01. The summed E-state index contributed by atoms with van der Waals surface area (Å²) in [6.07, 6.45) is 10.7. The largest absolute Gasteiger partial charge is 0.378 e. The normalized spacial score (nSPS) is 17.4. The summed E-state index contributed by atoms with van der Waals surface area (Å²) in [6.45, 7) is 3.99. The Labute approximate surface area is 174 Å². The molecule has 0 radical (unpaired) electrons. The Morgan fingerprint density at radius 2 is 2.04 bits per heavy atom. The first-order valence-electron chi connectivity index (χ1n) is 9.42. The van der Waals surface area contributed by atoms with Gasteiger partial charge in [-0.15, -0.1) is 35.3 Å². The number of unbranched alkanes of at least 4 members (excludes halogenated alkanes) is 1. The van der Waals surface area contributed by atoms with Crippen LogP contribution in [0.2, 0.25) is 0 Å². The van der Waals surface area contributed by atoms with E-state index in [1.807, 2.05) is 7.05 Å². The van der Waals surface area contributed by atoms with Gasteiger partial charge in [0.15, 0.2) is 5.96 Å². The number of rotatable bonds is 8. The quantitative estimate of drug-likeness (QED) is 0.179. The van der Waals surface area contributed by atoms with Crippen LogP contribution in [0.1, 0.15) is 69.2 Å². The van der Waals surface area contributed by atoms with Gasteiger partial charge in [-0.05, 0) is 44.1 Å². The predicted octanol–water partition coefficient (Wildman–Crippen LogP) is 5.11. The Morgan fingerprint density at radius 3 is 2.68 bits per heavy atom. The molecule has 0 amide bonds. The monoisotopic (exact) mass is 479 g/mol. The van der Waals surface area contributed by atoms with E-state index in [-0.39, 0.29) is 30.0 Å². The number of hydrogen-bond donors (Lipinski definition) is 2. The van der Waals surface area contributed by atoms with Crippen LogP contribution in [0.3, 0.4) is 0 Å². The van der Waals surface area contributed by atoms with E-state index >= 15 is 0 Å². The molecule has 1 saturated carbocycles. The van der Waals surface area contributed by atoms with Crippen molar-refractivity contribution in [1.82, 2.24) is 10.6 Å². The maximum Gasteiger partial charge on any atom is 0.191 e. The number of aliphatic imine (C=N–C) groups is 1. The molecule has 1 fully saturated rings. The van der Waals surface area contributed by atoms with Crippen molar-refractivity contribution in [3.63, 3.8) is 0 Å². The highest BCUT2D eigenvalue weighted by Crippen LogP contribution is 2.20. The molecule has 1 unspecified atom stereocenters. The zero-order valence-corrected chi connectivity index (χ0v) is 18.8. The summed E-state index contributed by atoms with van der Waals surface area (Å²) < 4.78 is 6.04. The fourth-order valence-corrected chi connectivity index (χ4v) is 3.84. The van der Waals surface area contributed by atoms with Crippen LogP contribution in [0.4, 0.5) is 0 Å². The summed E-state index contributed by atoms with van der Waals surface area (Å²) in [4.78, 5) is 5.64.